The van der Waals surface area contributed by atoms with Crippen LogP contribution in [0.5, 0.6) is 5.75 Å². The zero-order valence-electron chi connectivity index (χ0n) is 17.7. The third-order valence-corrected chi connectivity index (χ3v) is 6.98. The molecule has 1 aromatic heterocycles. The first kappa shape index (κ1) is 23.3. The average Bonchev–Trinajstić information content (AvgIpc) is 2.68. The number of nitrogens with zero attached hydrogens (tertiary/aromatic N) is 1. The monoisotopic (exact) mass is 467 g/mol. The summed E-state index contributed by atoms with van der Waals surface area (Å²) >= 11 is 6.43. The number of ether oxygens (including phenoxy) is 1. The topological polar surface area (TPSA) is 109 Å². The molecule has 0 unspecified atom stereocenters. The third kappa shape index (κ3) is 5.66. The van der Waals surface area contributed by atoms with E-state index in [1.54, 1.807) is 25.1 Å². The molecule has 3 rings (SSSR count). The van der Waals surface area contributed by atoms with Gasteiger partial charge in [-0.15, -0.1) is 0 Å². The molecule has 2 N–H and O–H groups in total. The number of pyridine rings is 1. The number of benzene rings is 1. The second kappa shape index (κ2) is 9.42. The van der Waals surface area contributed by atoms with Gasteiger partial charge in [0.15, 0.2) is 0 Å². The van der Waals surface area contributed by atoms with E-state index in [1.807, 2.05) is 13.0 Å². The van der Waals surface area contributed by atoms with Gasteiger partial charge in [0.1, 0.15) is 11.9 Å². The predicted molar refractivity (Wildman–Crippen MR) is 119 cm³/mol. The van der Waals surface area contributed by atoms with Crippen molar-refractivity contribution in [2.75, 3.05) is 19.3 Å². The van der Waals surface area contributed by atoms with E-state index in [-0.39, 0.29) is 28.8 Å². The molecular formula is C21H26ClN3O5S. The Morgan fingerprint density at radius 1 is 1.29 bits per heavy atom. The fourth-order valence-corrected chi connectivity index (χ4v) is 4.73. The molecule has 0 bridgehead atoms. The highest BCUT2D eigenvalue weighted by Crippen LogP contribution is 2.31. The molecule has 31 heavy (non-hydrogen) atoms. The minimum absolute atomic E-state index is 0.0750. The van der Waals surface area contributed by atoms with Crippen LogP contribution in [0.2, 0.25) is 5.02 Å². The molecule has 10 heteroatoms. The van der Waals surface area contributed by atoms with Gasteiger partial charge in [0.25, 0.3) is 11.5 Å². The summed E-state index contributed by atoms with van der Waals surface area (Å²) in [5.41, 5.74) is 2.05. The summed E-state index contributed by atoms with van der Waals surface area (Å²) in [4.78, 5) is 27.6. The van der Waals surface area contributed by atoms with Crippen LogP contribution >= 0.6 is 11.6 Å². The van der Waals surface area contributed by atoms with Gasteiger partial charge in [-0.2, -0.15) is 0 Å². The fourth-order valence-electron chi connectivity index (χ4n) is 3.60. The number of halogens is 1. The Labute approximate surface area is 186 Å². The number of aryl methyl sites for hydroxylation is 2. The maximum Gasteiger partial charge on any atom is 0.253 e. The van der Waals surface area contributed by atoms with Crippen LogP contribution in [0.25, 0.3) is 0 Å². The minimum Gasteiger partial charge on any atom is -0.489 e. The molecule has 2 heterocycles. The molecule has 1 aliphatic rings. The molecule has 0 aliphatic carbocycles. The number of sulfonamides is 1. The van der Waals surface area contributed by atoms with Crippen LogP contribution < -0.4 is 15.6 Å². The molecular weight excluding hydrogens is 442 g/mol. The molecule has 1 fully saturated rings. The number of hydrogen-bond donors (Lipinski definition) is 2. The standard InChI is InChI=1S/C21H26ClN3O5S/c1-13-11-14(2)24-21(27)17(13)12-23-20(26)16-5-4-6-18(19(16)22)30-15-7-9-25(10-8-15)31(3,28)29/h4-6,11,15H,7-10,12H2,1-3H3,(H,23,26)(H,24,27). The summed E-state index contributed by atoms with van der Waals surface area (Å²) in [6.45, 7) is 4.45. The largest absolute Gasteiger partial charge is 0.489 e. The lowest BCUT2D eigenvalue weighted by molar-refractivity contribution is 0.0949. The Morgan fingerprint density at radius 3 is 2.58 bits per heavy atom. The smallest absolute Gasteiger partial charge is 0.253 e. The number of aromatic amines is 1. The molecule has 0 saturated carbocycles. The van der Waals surface area contributed by atoms with Crippen molar-refractivity contribution >= 4 is 27.5 Å². The van der Waals surface area contributed by atoms with Gasteiger partial charge in [0.2, 0.25) is 10.0 Å². The summed E-state index contributed by atoms with van der Waals surface area (Å²) in [5.74, 6) is -0.0433. The first-order valence-corrected chi connectivity index (χ1v) is 12.2. The average molecular weight is 468 g/mol. The molecule has 8 nitrogen and oxygen atoms in total. The normalized spacial score (nSPS) is 15.6. The van der Waals surface area contributed by atoms with Crippen molar-refractivity contribution in [2.24, 2.45) is 0 Å². The van der Waals surface area contributed by atoms with Crippen LogP contribution in [-0.2, 0) is 16.6 Å². The number of aromatic nitrogens is 1. The first-order valence-electron chi connectivity index (χ1n) is 9.94. The van der Waals surface area contributed by atoms with Gasteiger partial charge in [-0.3, -0.25) is 9.59 Å². The zero-order chi connectivity index (χ0) is 22.8. The van der Waals surface area contributed by atoms with Crippen LogP contribution in [0.15, 0.2) is 29.1 Å². The van der Waals surface area contributed by atoms with Gasteiger partial charge in [-0.1, -0.05) is 17.7 Å². The van der Waals surface area contributed by atoms with E-state index in [4.69, 9.17) is 16.3 Å². The molecule has 0 atom stereocenters. The lowest BCUT2D eigenvalue weighted by atomic mass is 10.1. The van der Waals surface area contributed by atoms with Crippen LogP contribution in [0.4, 0.5) is 0 Å². The van der Waals surface area contributed by atoms with Crippen LogP contribution in [0.3, 0.4) is 0 Å². The maximum atomic E-state index is 12.7. The van der Waals surface area contributed by atoms with E-state index in [0.29, 0.717) is 37.2 Å². The van der Waals surface area contributed by atoms with Gasteiger partial charge in [-0.05, 0) is 50.5 Å². The molecule has 2 aromatic rings. The van der Waals surface area contributed by atoms with Crippen molar-refractivity contribution in [1.82, 2.24) is 14.6 Å². The second-order valence-electron chi connectivity index (χ2n) is 7.72. The van der Waals surface area contributed by atoms with Crippen molar-refractivity contribution in [3.05, 3.63) is 62.0 Å². The Hall–Kier alpha value is -2.36. The van der Waals surface area contributed by atoms with Crippen molar-refractivity contribution in [1.29, 1.82) is 0 Å². The number of carbonyl (C=O) groups excluding carboxylic acids is 1. The van der Waals surface area contributed by atoms with Gasteiger partial charge in [0, 0.05) is 30.9 Å². The van der Waals surface area contributed by atoms with Gasteiger partial charge < -0.3 is 15.0 Å². The van der Waals surface area contributed by atoms with E-state index < -0.39 is 15.9 Å². The summed E-state index contributed by atoms with van der Waals surface area (Å²) in [6.07, 6.45) is 2.08. The lowest BCUT2D eigenvalue weighted by Crippen LogP contribution is -2.41. The van der Waals surface area contributed by atoms with E-state index >= 15 is 0 Å². The van der Waals surface area contributed by atoms with E-state index in [1.165, 1.54) is 10.6 Å². The highest BCUT2D eigenvalue weighted by Gasteiger charge is 2.27. The van der Waals surface area contributed by atoms with E-state index in [2.05, 4.69) is 10.3 Å². The maximum absolute atomic E-state index is 12.7. The van der Waals surface area contributed by atoms with Gasteiger partial charge in [-0.25, -0.2) is 12.7 Å². The Bertz CT molecular complexity index is 1140. The first-order chi connectivity index (χ1) is 14.6. The lowest BCUT2D eigenvalue weighted by Gasteiger charge is -2.30. The van der Waals surface area contributed by atoms with Gasteiger partial charge in [0.05, 0.1) is 16.8 Å². The molecule has 1 aromatic carbocycles. The Balaban J connectivity index is 1.67. The molecule has 1 aliphatic heterocycles. The zero-order valence-corrected chi connectivity index (χ0v) is 19.3. The number of hydrogen-bond acceptors (Lipinski definition) is 5. The van der Waals surface area contributed by atoms with Crippen molar-refractivity contribution in [3.8, 4) is 5.75 Å². The molecule has 0 spiro atoms. The van der Waals surface area contributed by atoms with Crippen molar-refractivity contribution in [3.63, 3.8) is 0 Å². The Morgan fingerprint density at radius 2 is 1.97 bits per heavy atom. The SMILES string of the molecule is Cc1cc(C)c(CNC(=O)c2cccc(OC3CCN(S(C)(=O)=O)CC3)c2Cl)c(=O)[nH]1. The number of piperidine rings is 1. The number of amides is 1. The summed E-state index contributed by atoms with van der Waals surface area (Å²) < 4.78 is 30.7. The number of carbonyl (C=O) groups is 1. The summed E-state index contributed by atoms with van der Waals surface area (Å²) in [7, 11) is -3.21. The molecule has 1 saturated heterocycles. The van der Waals surface area contributed by atoms with Crippen LogP contribution in [-0.4, -0.2) is 49.1 Å². The quantitative estimate of drug-likeness (QED) is 0.678. The predicted octanol–water partition coefficient (Wildman–Crippen LogP) is 2.38. The van der Waals surface area contributed by atoms with E-state index in [9.17, 15) is 18.0 Å². The minimum atomic E-state index is -3.21. The van der Waals surface area contributed by atoms with Crippen LogP contribution in [0.1, 0.15) is 40.0 Å². The molecule has 1 amide bonds. The van der Waals surface area contributed by atoms with Crippen molar-refractivity contribution in [2.45, 2.75) is 39.3 Å². The van der Waals surface area contributed by atoms with E-state index in [0.717, 1.165) is 11.3 Å². The number of nitrogens with one attached hydrogen (secondary N) is 2. The summed E-state index contributed by atoms with van der Waals surface area (Å²) in [6, 6.07) is 6.78. The fraction of sp³-hybridized carbons (Fsp3) is 0.429. The molecule has 168 valence electrons. The third-order valence-electron chi connectivity index (χ3n) is 5.29. The Kier molecular flexibility index (Phi) is 7.08. The highest BCUT2D eigenvalue weighted by atomic mass is 35.5. The number of rotatable bonds is 6. The number of H-pyrrole nitrogens is 1. The highest BCUT2D eigenvalue weighted by molar-refractivity contribution is 7.88. The second-order valence-corrected chi connectivity index (χ2v) is 10.1. The van der Waals surface area contributed by atoms with Crippen molar-refractivity contribution < 1.29 is 17.9 Å². The van der Waals surface area contributed by atoms with Crippen LogP contribution in [0, 0.1) is 13.8 Å². The molecule has 0 radical (unpaired) electrons. The van der Waals surface area contributed by atoms with Gasteiger partial charge >= 0.3 is 0 Å². The summed E-state index contributed by atoms with van der Waals surface area (Å²) in [5, 5.41) is 2.92.